The van der Waals surface area contributed by atoms with Crippen molar-refractivity contribution in [2.24, 2.45) is 5.92 Å². The number of benzene rings is 1. The molecule has 2 aliphatic rings. The lowest BCUT2D eigenvalue weighted by atomic mass is 9.85. The molecule has 2 saturated heterocycles. The molecule has 0 radical (unpaired) electrons. The van der Waals surface area contributed by atoms with Crippen molar-refractivity contribution in [2.75, 3.05) is 26.2 Å². The second-order valence-corrected chi connectivity index (χ2v) is 8.73. The van der Waals surface area contributed by atoms with Crippen LogP contribution in [0.2, 0.25) is 0 Å². The quantitative estimate of drug-likeness (QED) is 0.639. The average molecular weight is 418 g/mol. The number of carbonyl (C=O) groups excluding carboxylic acids is 3. The number of hydrogen-bond donors (Lipinski definition) is 0. The van der Waals surface area contributed by atoms with Crippen LogP contribution in [0.4, 0.5) is 9.18 Å². The van der Waals surface area contributed by atoms with E-state index in [1.54, 1.807) is 17.0 Å². The first-order valence-electron chi connectivity index (χ1n) is 10.9. The van der Waals surface area contributed by atoms with Gasteiger partial charge in [0.25, 0.3) is 5.91 Å². The summed E-state index contributed by atoms with van der Waals surface area (Å²) in [4.78, 5) is 43.5. The second kappa shape index (κ2) is 9.14. The number of aryl methyl sites for hydroxylation is 1. The highest BCUT2D eigenvalue weighted by Crippen LogP contribution is 2.38. The molecule has 2 fully saturated rings. The zero-order valence-corrected chi connectivity index (χ0v) is 18.2. The number of imide groups is 1. The molecule has 2 heterocycles. The number of halogens is 1. The summed E-state index contributed by atoms with van der Waals surface area (Å²) in [7, 11) is 0. The van der Waals surface area contributed by atoms with Crippen molar-refractivity contribution in [1.29, 1.82) is 0 Å². The average Bonchev–Trinajstić information content (AvgIpc) is 2.90. The lowest BCUT2D eigenvalue weighted by Crippen LogP contribution is -2.58. The van der Waals surface area contributed by atoms with Crippen molar-refractivity contribution in [3.63, 3.8) is 0 Å². The van der Waals surface area contributed by atoms with E-state index in [2.05, 4.69) is 0 Å². The van der Waals surface area contributed by atoms with Gasteiger partial charge >= 0.3 is 6.03 Å². The fourth-order valence-corrected chi connectivity index (χ4v) is 4.54. The molecule has 1 aromatic rings. The maximum absolute atomic E-state index is 13.1. The van der Waals surface area contributed by atoms with Crippen LogP contribution < -0.4 is 0 Å². The Bertz CT molecular complexity index is 785. The first kappa shape index (κ1) is 22.2. The van der Waals surface area contributed by atoms with Gasteiger partial charge in [-0.1, -0.05) is 26.0 Å². The molecular weight excluding hydrogens is 385 g/mol. The van der Waals surface area contributed by atoms with E-state index in [9.17, 15) is 18.8 Å². The fourth-order valence-electron chi connectivity index (χ4n) is 4.54. The largest absolute Gasteiger partial charge is 0.342 e. The molecule has 7 heteroatoms. The molecule has 4 amide bonds. The molecule has 1 spiro atoms. The number of piperidine rings is 1. The first-order chi connectivity index (χ1) is 14.3. The maximum atomic E-state index is 13.1. The Balaban J connectivity index is 1.58. The molecule has 6 nitrogen and oxygen atoms in total. The molecule has 0 aliphatic carbocycles. The molecule has 0 aromatic heterocycles. The van der Waals surface area contributed by atoms with Gasteiger partial charge in [-0.05, 0) is 56.2 Å². The highest BCUT2D eigenvalue weighted by molar-refractivity contribution is 6.07. The number of rotatable bonds is 7. The third-order valence-electron chi connectivity index (χ3n) is 6.20. The number of hydrogen-bond acceptors (Lipinski definition) is 3. The Hall–Kier alpha value is -2.44. The molecule has 0 N–H and O–H groups in total. The van der Waals surface area contributed by atoms with Crippen LogP contribution in [0.5, 0.6) is 0 Å². The van der Waals surface area contributed by atoms with Crippen LogP contribution in [0.1, 0.15) is 52.0 Å². The van der Waals surface area contributed by atoms with E-state index in [1.807, 2.05) is 25.7 Å². The minimum atomic E-state index is -0.803. The minimum absolute atomic E-state index is 0.0755. The number of amides is 4. The van der Waals surface area contributed by atoms with Crippen molar-refractivity contribution in [2.45, 2.75) is 58.4 Å². The minimum Gasteiger partial charge on any atom is -0.342 e. The standard InChI is InChI=1S/C23H32FN3O3/c1-4-26-21(29)23(27(22(26)30)16-17(2)3)12-14-25(15-13-23)20(28)7-5-6-18-8-10-19(24)11-9-18/h8-11,17H,4-7,12-16H2,1-3H3. The van der Waals surface area contributed by atoms with Crippen molar-refractivity contribution < 1.29 is 18.8 Å². The van der Waals surface area contributed by atoms with Gasteiger partial charge in [-0.25, -0.2) is 9.18 Å². The predicted molar refractivity (Wildman–Crippen MR) is 112 cm³/mol. The van der Waals surface area contributed by atoms with Gasteiger partial charge in [-0.2, -0.15) is 0 Å². The highest BCUT2D eigenvalue weighted by Gasteiger charge is 2.57. The summed E-state index contributed by atoms with van der Waals surface area (Å²) in [5.41, 5.74) is 0.211. The normalized spacial score (nSPS) is 18.8. The Morgan fingerprint density at radius 1 is 1.13 bits per heavy atom. The molecule has 3 rings (SSSR count). The lowest BCUT2D eigenvalue weighted by Gasteiger charge is -2.42. The number of nitrogens with zero attached hydrogens (tertiary/aromatic N) is 3. The van der Waals surface area contributed by atoms with E-state index in [0.717, 1.165) is 12.0 Å². The zero-order valence-electron chi connectivity index (χ0n) is 18.2. The van der Waals surface area contributed by atoms with Crippen molar-refractivity contribution in [3.05, 3.63) is 35.6 Å². The Morgan fingerprint density at radius 2 is 1.77 bits per heavy atom. The van der Waals surface area contributed by atoms with Crippen LogP contribution in [0.3, 0.4) is 0 Å². The number of urea groups is 1. The molecule has 164 valence electrons. The van der Waals surface area contributed by atoms with Crippen LogP contribution in [0.25, 0.3) is 0 Å². The summed E-state index contributed by atoms with van der Waals surface area (Å²) in [6, 6.07) is 6.16. The van der Waals surface area contributed by atoms with E-state index < -0.39 is 5.54 Å². The van der Waals surface area contributed by atoms with E-state index in [4.69, 9.17) is 0 Å². The van der Waals surface area contributed by atoms with Gasteiger partial charge in [0.2, 0.25) is 5.91 Å². The zero-order chi connectivity index (χ0) is 21.9. The third kappa shape index (κ3) is 4.35. The predicted octanol–water partition coefficient (Wildman–Crippen LogP) is 3.45. The summed E-state index contributed by atoms with van der Waals surface area (Å²) in [6.07, 6.45) is 2.83. The molecule has 30 heavy (non-hydrogen) atoms. The Kier molecular flexibility index (Phi) is 6.78. The molecular formula is C23H32FN3O3. The smallest absolute Gasteiger partial charge is 0.327 e. The molecule has 0 bridgehead atoms. The summed E-state index contributed by atoms with van der Waals surface area (Å²) >= 11 is 0. The lowest BCUT2D eigenvalue weighted by molar-refractivity contribution is -0.141. The van der Waals surface area contributed by atoms with Crippen LogP contribution in [0, 0.1) is 11.7 Å². The molecule has 1 aromatic carbocycles. The highest BCUT2D eigenvalue weighted by atomic mass is 19.1. The molecule has 0 unspecified atom stereocenters. The van der Waals surface area contributed by atoms with Crippen LogP contribution in [-0.2, 0) is 16.0 Å². The summed E-state index contributed by atoms with van der Waals surface area (Å²) in [5, 5.41) is 0. The molecule has 2 aliphatic heterocycles. The first-order valence-corrected chi connectivity index (χ1v) is 10.9. The van der Waals surface area contributed by atoms with Crippen LogP contribution >= 0.6 is 0 Å². The van der Waals surface area contributed by atoms with Gasteiger partial charge in [-0.3, -0.25) is 14.5 Å². The van der Waals surface area contributed by atoms with Gasteiger partial charge in [-0.15, -0.1) is 0 Å². The van der Waals surface area contributed by atoms with Crippen LogP contribution in [0.15, 0.2) is 24.3 Å². The number of carbonyl (C=O) groups is 3. The van der Waals surface area contributed by atoms with Gasteiger partial charge in [0.1, 0.15) is 11.4 Å². The van der Waals surface area contributed by atoms with Gasteiger partial charge in [0.15, 0.2) is 0 Å². The SMILES string of the molecule is CCN1C(=O)N(CC(C)C)C2(CCN(C(=O)CCCc3ccc(F)cc3)CC2)C1=O. The fraction of sp³-hybridized carbons (Fsp3) is 0.609. The van der Waals surface area contributed by atoms with Crippen molar-refractivity contribution in [1.82, 2.24) is 14.7 Å². The topological polar surface area (TPSA) is 60.9 Å². The Labute approximate surface area is 178 Å². The molecule has 0 atom stereocenters. The van der Waals surface area contributed by atoms with Gasteiger partial charge < -0.3 is 9.80 Å². The van der Waals surface area contributed by atoms with E-state index in [-0.39, 0.29) is 29.6 Å². The second-order valence-electron chi connectivity index (χ2n) is 8.73. The summed E-state index contributed by atoms with van der Waals surface area (Å²) in [5.74, 6) is -0.0303. The maximum Gasteiger partial charge on any atom is 0.327 e. The third-order valence-corrected chi connectivity index (χ3v) is 6.20. The van der Waals surface area contributed by atoms with Crippen LogP contribution in [-0.4, -0.2) is 64.3 Å². The molecule has 0 saturated carbocycles. The van der Waals surface area contributed by atoms with Crippen molar-refractivity contribution in [3.8, 4) is 0 Å². The van der Waals surface area contributed by atoms with E-state index >= 15 is 0 Å². The van der Waals surface area contributed by atoms with Crippen molar-refractivity contribution >= 4 is 17.8 Å². The van der Waals surface area contributed by atoms with E-state index in [0.29, 0.717) is 51.9 Å². The van der Waals surface area contributed by atoms with Gasteiger partial charge in [0.05, 0.1) is 0 Å². The summed E-state index contributed by atoms with van der Waals surface area (Å²) < 4.78 is 13.0. The number of likely N-dealkylation sites (tertiary alicyclic amines) is 1. The summed E-state index contributed by atoms with van der Waals surface area (Å²) in [6.45, 7) is 7.80. The number of likely N-dealkylation sites (N-methyl/N-ethyl adjacent to an activating group) is 1. The Morgan fingerprint density at radius 3 is 2.33 bits per heavy atom. The van der Waals surface area contributed by atoms with Gasteiger partial charge in [0, 0.05) is 32.6 Å². The monoisotopic (exact) mass is 417 g/mol. The van der Waals surface area contributed by atoms with E-state index in [1.165, 1.54) is 17.0 Å².